The molecule has 0 N–H and O–H groups in total. The van der Waals surface area contributed by atoms with Crippen molar-refractivity contribution in [2.45, 2.75) is 0 Å². The van der Waals surface area contributed by atoms with Gasteiger partial charge in [0.25, 0.3) is 0 Å². The van der Waals surface area contributed by atoms with E-state index in [1.807, 2.05) is 17.4 Å². The van der Waals surface area contributed by atoms with Crippen LogP contribution in [0.15, 0.2) is 173 Å². The summed E-state index contributed by atoms with van der Waals surface area (Å²) >= 11 is 1.83. The van der Waals surface area contributed by atoms with E-state index in [1.54, 1.807) is 0 Å². The number of thiophene rings is 1. The lowest BCUT2D eigenvalue weighted by atomic mass is 10.0. The number of fused-ring (bicyclic) bond motifs is 12. The van der Waals surface area contributed by atoms with Gasteiger partial charge in [0, 0.05) is 52.8 Å². The molecule has 0 aliphatic heterocycles. The van der Waals surface area contributed by atoms with Crippen LogP contribution in [0.3, 0.4) is 0 Å². The molecule has 4 heteroatoms. The smallest absolute Gasteiger partial charge is 0.159 e. The predicted octanol–water partition coefficient (Wildman–Crippen LogP) is 14.1. The normalized spacial score (nSPS) is 12.0. The monoisotopic (exact) mass is 657 g/mol. The van der Waals surface area contributed by atoms with Gasteiger partial charge in [-0.1, -0.05) is 109 Å². The fourth-order valence-corrected chi connectivity index (χ4v) is 8.95. The number of hydrogen-bond donors (Lipinski definition) is 0. The molecule has 0 saturated carbocycles. The summed E-state index contributed by atoms with van der Waals surface area (Å²) in [5.41, 5.74) is 9.09. The maximum atomic E-state index is 6.68. The van der Waals surface area contributed by atoms with E-state index in [1.165, 1.54) is 36.7 Å². The van der Waals surface area contributed by atoms with Crippen LogP contribution in [0.25, 0.3) is 85.9 Å². The van der Waals surface area contributed by atoms with Gasteiger partial charge in [-0.2, -0.15) is 0 Å². The molecular formula is C46H27NO2S. The average molecular weight is 658 g/mol. The van der Waals surface area contributed by atoms with E-state index in [2.05, 4.69) is 163 Å². The van der Waals surface area contributed by atoms with Crippen molar-refractivity contribution >= 4 is 103 Å². The fourth-order valence-electron chi connectivity index (χ4n) is 7.82. The van der Waals surface area contributed by atoms with Crippen molar-refractivity contribution < 1.29 is 8.83 Å². The van der Waals surface area contributed by atoms with Crippen molar-refractivity contribution in [3.05, 3.63) is 164 Å². The van der Waals surface area contributed by atoms with Crippen LogP contribution in [-0.4, -0.2) is 0 Å². The minimum absolute atomic E-state index is 0.864. The van der Waals surface area contributed by atoms with E-state index in [-0.39, 0.29) is 0 Å². The van der Waals surface area contributed by atoms with Gasteiger partial charge < -0.3 is 13.7 Å². The summed E-state index contributed by atoms with van der Waals surface area (Å²) in [6.07, 6.45) is 0. The molecule has 0 aliphatic carbocycles. The van der Waals surface area contributed by atoms with Gasteiger partial charge in [-0.15, -0.1) is 11.3 Å². The molecule has 0 atom stereocenters. The lowest BCUT2D eigenvalue weighted by Crippen LogP contribution is -2.10. The first-order chi connectivity index (χ1) is 24.8. The molecule has 0 fully saturated rings. The number of para-hydroxylation sites is 2. The Morgan fingerprint density at radius 1 is 0.380 bits per heavy atom. The van der Waals surface area contributed by atoms with Crippen molar-refractivity contribution in [3.8, 4) is 11.1 Å². The number of nitrogens with zero attached hydrogens (tertiary/aromatic N) is 1. The number of furan rings is 2. The largest absolute Gasteiger partial charge is 0.455 e. The third kappa shape index (κ3) is 3.97. The number of hydrogen-bond acceptors (Lipinski definition) is 4. The van der Waals surface area contributed by atoms with Gasteiger partial charge in [0.2, 0.25) is 0 Å². The summed E-state index contributed by atoms with van der Waals surface area (Å²) in [4.78, 5) is 2.38. The zero-order valence-electron chi connectivity index (χ0n) is 26.8. The van der Waals surface area contributed by atoms with Crippen LogP contribution in [0.1, 0.15) is 0 Å². The molecule has 3 nitrogen and oxygen atoms in total. The van der Waals surface area contributed by atoms with E-state index in [9.17, 15) is 0 Å². The Bertz CT molecular complexity index is 3090. The van der Waals surface area contributed by atoms with Gasteiger partial charge in [0.15, 0.2) is 5.58 Å². The first-order valence-corrected chi connectivity index (χ1v) is 17.7. The molecule has 0 unspecified atom stereocenters. The van der Waals surface area contributed by atoms with Crippen molar-refractivity contribution in [3.63, 3.8) is 0 Å². The van der Waals surface area contributed by atoms with Crippen molar-refractivity contribution in [2.75, 3.05) is 4.90 Å². The standard InChI is InChI=1S/C46H27NO2S/c1-2-10-28(11-3-1)29-20-23-31(24-21-29)47(37-17-8-15-34-33-14-6-7-18-38(33)48-46(34)37)36-16-9-19-40-43(36)44-41(50-40)27-26-39-42(44)35-25-22-30-12-4-5-13-32(30)45(35)49-39/h1-27H. The van der Waals surface area contributed by atoms with Gasteiger partial charge >= 0.3 is 0 Å². The van der Waals surface area contributed by atoms with E-state index in [0.717, 1.165) is 66.3 Å². The second-order valence-corrected chi connectivity index (χ2v) is 13.9. The molecule has 0 aliphatic rings. The van der Waals surface area contributed by atoms with Gasteiger partial charge in [0.05, 0.1) is 11.4 Å². The lowest BCUT2D eigenvalue weighted by Gasteiger charge is -2.27. The Balaban J connectivity index is 1.24. The molecule has 0 radical (unpaired) electrons. The van der Waals surface area contributed by atoms with E-state index in [4.69, 9.17) is 8.83 Å². The Hall–Kier alpha value is -6.36. The molecule has 50 heavy (non-hydrogen) atoms. The van der Waals surface area contributed by atoms with Crippen molar-refractivity contribution in [1.29, 1.82) is 0 Å². The van der Waals surface area contributed by atoms with E-state index >= 15 is 0 Å². The topological polar surface area (TPSA) is 29.5 Å². The molecule has 11 rings (SSSR count). The second-order valence-electron chi connectivity index (χ2n) is 12.8. The summed E-state index contributed by atoms with van der Waals surface area (Å²) < 4.78 is 15.8. The Morgan fingerprint density at radius 2 is 1.08 bits per heavy atom. The summed E-state index contributed by atoms with van der Waals surface area (Å²) in [6.45, 7) is 0. The first kappa shape index (κ1) is 27.6. The predicted molar refractivity (Wildman–Crippen MR) is 212 cm³/mol. The zero-order valence-corrected chi connectivity index (χ0v) is 27.6. The average Bonchev–Trinajstić information content (AvgIpc) is 3.87. The molecule has 8 aromatic carbocycles. The summed E-state index contributed by atoms with van der Waals surface area (Å²) in [7, 11) is 0. The minimum atomic E-state index is 0.864. The van der Waals surface area contributed by atoms with Crippen molar-refractivity contribution in [2.24, 2.45) is 0 Å². The molecule has 0 amide bonds. The van der Waals surface area contributed by atoms with Crippen LogP contribution in [-0.2, 0) is 0 Å². The van der Waals surface area contributed by atoms with E-state index < -0.39 is 0 Å². The highest BCUT2D eigenvalue weighted by Gasteiger charge is 2.24. The van der Waals surface area contributed by atoms with Crippen LogP contribution >= 0.6 is 11.3 Å². The fraction of sp³-hybridized carbons (Fsp3) is 0. The third-order valence-corrected chi connectivity index (χ3v) is 11.2. The molecule has 11 aromatic rings. The number of rotatable bonds is 4. The van der Waals surface area contributed by atoms with Gasteiger partial charge in [-0.3, -0.25) is 0 Å². The molecule has 0 saturated heterocycles. The number of benzene rings is 8. The third-order valence-electron chi connectivity index (χ3n) is 10.1. The van der Waals surface area contributed by atoms with Crippen LogP contribution in [0.4, 0.5) is 17.1 Å². The zero-order chi connectivity index (χ0) is 32.8. The van der Waals surface area contributed by atoms with Gasteiger partial charge in [0.1, 0.15) is 16.7 Å². The minimum Gasteiger partial charge on any atom is -0.455 e. The highest BCUT2D eigenvalue weighted by Crippen LogP contribution is 2.50. The van der Waals surface area contributed by atoms with Gasteiger partial charge in [-0.05, 0) is 71.1 Å². The first-order valence-electron chi connectivity index (χ1n) is 16.8. The summed E-state index contributed by atoms with van der Waals surface area (Å²) in [5.74, 6) is 0. The van der Waals surface area contributed by atoms with Crippen LogP contribution < -0.4 is 4.90 Å². The van der Waals surface area contributed by atoms with E-state index in [0.29, 0.717) is 0 Å². The molecule has 3 aromatic heterocycles. The maximum Gasteiger partial charge on any atom is 0.159 e. The van der Waals surface area contributed by atoms with Crippen LogP contribution in [0.5, 0.6) is 0 Å². The Labute approximate surface area is 290 Å². The second kappa shape index (κ2) is 10.6. The van der Waals surface area contributed by atoms with Gasteiger partial charge in [-0.25, -0.2) is 0 Å². The van der Waals surface area contributed by atoms with Crippen LogP contribution in [0, 0.1) is 0 Å². The molecule has 0 spiro atoms. The quantitative estimate of drug-likeness (QED) is 0.189. The summed E-state index contributed by atoms with van der Waals surface area (Å²) in [6, 6.07) is 58.1. The maximum absolute atomic E-state index is 6.68. The van der Waals surface area contributed by atoms with Crippen LogP contribution in [0.2, 0.25) is 0 Å². The lowest BCUT2D eigenvalue weighted by molar-refractivity contribution is 0.669. The highest BCUT2D eigenvalue weighted by atomic mass is 32.1. The molecule has 234 valence electrons. The SMILES string of the molecule is c1ccc(-c2ccc(N(c3cccc4c3oc3ccccc34)c3cccc4sc5ccc6oc7c8ccccc8ccc7c6c5c34)cc2)cc1. The summed E-state index contributed by atoms with van der Waals surface area (Å²) in [5, 5.41) is 9.23. The Kier molecular flexibility index (Phi) is 5.83. The molecule has 0 bridgehead atoms. The highest BCUT2D eigenvalue weighted by molar-refractivity contribution is 7.26. The number of anilines is 3. The Morgan fingerprint density at radius 3 is 1.98 bits per heavy atom. The molecule has 3 heterocycles. The molecular weight excluding hydrogens is 631 g/mol. The van der Waals surface area contributed by atoms with Crippen molar-refractivity contribution in [1.82, 2.24) is 0 Å².